The van der Waals surface area contributed by atoms with Gasteiger partial charge in [-0.15, -0.1) is 6.10 Å². The molecule has 1 radical (unpaired) electrons. The van der Waals surface area contributed by atoms with Gasteiger partial charge in [0, 0.05) is 45.9 Å². The Balaban J connectivity index is 0.000000980. The van der Waals surface area contributed by atoms with Crippen molar-refractivity contribution in [2.75, 3.05) is 13.7 Å². The van der Waals surface area contributed by atoms with Gasteiger partial charge in [0.2, 0.25) is 0 Å². The molecule has 0 aromatic rings. The first kappa shape index (κ1) is 13.2. The van der Waals surface area contributed by atoms with Gasteiger partial charge in [0.1, 0.15) is 0 Å². The molecular formula is C7H12O5PY-. The summed E-state index contributed by atoms with van der Waals surface area (Å²) in [6.45, 7) is 2.15. The van der Waals surface area contributed by atoms with Crippen molar-refractivity contribution in [3.63, 3.8) is 0 Å². The summed E-state index contributed by atoms with van der Waals surface area (Å²) in [5.74, 6) is 0. The van der Waals surface area contributed by atoms with Crippen LogP contribution in [-0.2, 0) is 55.6 Å². The van der Waals surface area contributed by atoms with Crippen LogP contribution in [0.25, 0.3) is 0 Å². The molecule has 2 rings (SSSR count). The first-order valence-electron chi connectivity index (χ1n) is 4.14. The van der Waals surface area contributed by atoms with Gasteiger partial charge in [-0.25, -0.2) is 4.57 Å². The third-order valence-electron chi connectivity index (χ3n) is 2.10. The normalized spacial score (nSPS) is 43.0. The van der Waals surface area contributed by atoms with Gasteiger partial charge in [-0.05, 0) is 26.1 Å². The van der Waals surface area contributed by atoms with Crippen molar-refractivity contribution in [1.82, 2.24) is 0 Å². The van der Waals surface area contributed by atoms with Crippen molar-refractivity contribution < 1.29 is 55.6 Å². The molecule has 2 aliphatic heterocycles. The molecule has 0 bridgehead atoms. The number of fused-ring (bicyclic) bond motifs is 1. The Bertz CT molecular complexity index is 248. The second-order valence-electron chi connectivity index (χ2n) is 3.13. The van der Waals surface area contributed by atoms with Crippen LogP contribution in [0.5, 0.6) is 0 Å². The van der Waals surface area contributed by atoms with Gasteiger partial charge in [-0.1, -0.05) is 0 Å². The number of phosphoric acid groups is 1. The van der Waals surface area contributed by atoms with E-state index in [0.29, 0.717) is 6.42 Å². The molecule has 0 amide bonds. The summed E-state index contributed by atoms with van der Waals surface area (Å²) in [7, 11) is -1.98. The number of rotatable bonds is 1. The van der Waals surface area contributed by atoms with Crippen molar-refractivity contribution in [3.8, 4) is 0 Å². The van der Waals surface area contributed by atoms with Crippen molar-refractivity contribution in [2.24, 2.45) is 0 Å². The zero-order chi connectivity index (χ0) is 9.47. The minimum absolute atomic E-state index is 0. The van der Waals surface area contributed by atoms with Gasteiger partial charge in [-0.3, -0.25) is 4.52 Å². The first-order chi connectivity index (χ1) is 6.13. The monoisotopic (exact) mass is 296 g/mol. The molecule has 2 saturated heterocycles. The fourth-order valence-corrected chi connectivity index (χ4v) is 2.52. The van der Waals surface area contributed by atoms with E-state index in [1.807, 2.05) is 6.92 Å². The molecule has 0 aromatic heterocycles. The molecule has 0 aromatic carbocycles. The fourth-order valence-electron chi connectivity index (χ4n) is 1.47. The molecule has 14 heavy (non-hydrogen) atoms. The van der Waals surface area contributed by atoms with E-state index in [4.69, 9.17) is 13.8 Å². The van der Waals surface area contributed by atoms with Crippen LogP contribution in [0.2, 0.25) is 0 Å². The standard InChI is InChI=1S/C7H12O5P.Y/c1-5-3-6-7(11-5)4-10-13(8,9-2)12-6;/h5-6H,3-4H2,1-2H3;/q-1;/t5-,6-,13?;/m0./s1. The van der Waals surface area contributed by atoms with Crippen molar-refractivity contribution in [2.45, 2.75) is 25.6 Å². The SMILES string of the molecule is COP1(=O)OC[C-]2O[C@@H](C)C[C@@H]2O1.[Y]. The minimum Gasteiger partial charge on any atom is -0.542 e. The molecule has 5 nitrogen and oxygen atoms in total. The average Bonchev–Trinajstić information content (AvgIpc) is 2.44. The Labute approximate surface area is 108 Å². The molecule has 0 N–H and O–H groups in total. The number of hydrogen-bond acceptors (Lipinski definition) is 5. The van der Waals surface area contributed by atoms with Gasteiger partial charge in [-0.2, -0.15) is 0 Å². The van der Waals surface area contributed by atoms with Crippen LogP contribution in [0, 0.1) is 6.10 Å². The maximum Gasteiger partial charge on any atom is 0.469 e. The summed E-state index contributed by atoms with van der Waals surface area (Å²) in [6, 6.07) is 0. The molecule has 0 spiro atoms. The van der Waals surface area contributed by atoms with Crippen LogP contribution in [0.4, 0.5) is 0 Å². The number of phosphoric ester groups is 1. The molecule has 2 aliphatic rings. The van der Waals surface area contributed by atoms with Crippen molar-refractivity contribution in [1.29, 1.82) is 0 Å². The third-order valence-corrected chi connectivity index (χ3v) is 3.51. The Morgan fingerprint density at radius 1 is 1.57 bits per heavy atom. The zero-order valence-corrected chi connectivity index (χ0v) is 11.9. The molecule has 79 valence electrons. The molecule has 3 atom stereocenters. The van der Waals surface area contributed by atoms with Gasteiger partial charge < -0.3 is 13.8 Å². The second-order valence-corrected chi connectivity index (χ2v) is 4.86. The first-order valence-corrected chi connectivity index (χ1v) is 5.60. The van der Waals surface area contributed by atoms with E-state index in [2.05, 4.69) is 4.52 Å². The summed E-state index contributed by atoms with van der Waals surface area (Å²) in [6.07, 6.45) is 1.31. The quantitative estimate of drug-likeness (QED) is 0.542. The van der Waals surface area contributed by atoms with Crippen LogP contribution in [0.3, 0.4) is 0 Å². The van der Waals surface area contributed by atoms with E-state index in [1.54, 1.807) is 0 Å². The predicted octanol–water partition coefficient (Wildman–Crippen LogP) is 1.49. The average molecular weight is 296 g/mol. The Morgan fingerprint density at radius 3 is 2.93 bits per heavy atom. The summed E-state index contributed by atoms with van der Waals surface area (Å²) >= 11 is 0. The maximum atomic E-state index is 11.5. The topological polar surface area (TPSA) is 54.0 Å². The zero-order valence-electron chi connectivity index (χ0n) is 8.13. The molecule has 2 heterocycles. The van der Waals surface area contributed by atoms with Crippen LogP contribution < -0.4 is 0 Å². The molecule has 0 saturated carbocycles. The minimum atomic E-state index is -3.29. The Morgan fingerprint density at radius 2 is 2.29 bits per heavy atom. The van der Waals surface area contributed by atoms with Gasteiger partial charge in [0.15, 0.2) is 0 Å². The number of hydrogen-bond donors (Lipinski definition) is 0. The van der Waals surface area contributed by atoms with Crippen LogP contribution in [-0.4, -0.2) is 25.9 Å². The van der Waals surface area contributed by atoms with E-state index in [1.165, 1.54) is 7.11 Å². The summed E-state index contributed by atoms with van der Waals surface area (Å²) < 4.78 is 31.7. The van der Waals surface area contributed by atoms with Gasteiger partial charge >= 0.3 is 7.82 Å². The smallest absolute Gasteiger partial charge is 0.469 e. The largest absolute Gasteiger partial charge is 0.542 e. The summed E-state index contributed by atoms with van der Waals surface area (Å²) in [4.78, 5) is 0. The van der Waals surface area contributed by atoms with Crippen molar-refractivity contribution >= 4 is 7.82 Å². The molecule has 0 aliphatic carbocycles. The Kier molecular flexibility index (Phi) is 4.73. The maximum absolute atomic E-state index is 11.5. The van der Waals surface area contributed by atoms with Gasteiger partial charge in [0.25, 0.3) is 0 Å². The molecular weight excluding hydrogens is 284 g/mol. The molecule has 2 fully saturated rings. The predicted molar refractivity (Wildman–Crippen MR) is 43.8 cm³/mol. The van der Waals surface area contributed by atoms with Crippen LogP contribution in [0.15, 0.2) is 0 Å². The third kappa shape index (κ3) is 2.64. The fraction of sp³-hybridized carbons (Fsp3) is 0.857. The molecule has 7 heteroatoms. The summed E-state index contributed by atoms with van der Waals surface area (Å²) in [5.41, 5.74) is 0. The summed E-state index contributed by atoms with van der Waals surface area (Å²) in [5, 5.41) is 0. The van der Waals surface area contributed by atoms with E-state index in [-0.39, 0.29) is 51.5 Å². The second kappa shape index (κ2) is 5.00. The Hall–Kier alpha value is 1.17. The van der Waals surface area contributed by atoms with E-state index in [9.17, 15) is 4.57 Å². The molecule has 1 unspecified atom stereocenters. The van der Waals surface area contributed by atoms with E-state index >= 15 is 0 Å². The van der Waals surface area contributed by atoms with E-state index < -0.39 is 7.82 Å². The van der Waals surface area contributed by atoms with E-state index in [0.717, 1.165) is 6.10 Å². The number of ether oxygens (including phenoxy) is 1. The van der Waals surface area contributed by atoms with Crippen LogP contribution in [0.1, 0.15) is 13.3 Å². The van der Waals surface area contributed by atoms with Gasteiger partial charge in [0.05, 0.1) is 0 Å². The van der Waals surface area contributed by atoms with Crippen molar-refractivity contribution in [3.05, 3.63) is 6.10 Å². The van der Waals surface area contributed by atoms with Crippen LogP contribution >= 0.6 is 7.82 Å².